The molecule has 1 N–H and O–H groups in total. The average Bonchev–Trinajstić information content (AvgIpc) is 3.33. The molecule has 28 heavy (non-hydrogen) atoms. The molecule has 1 saturated heterocycles. The van der Waals surface area contributed by atoms with Gasteiger partial charge in [0.1, 0.15) is 16.5 Å². The van der Waals surface area contributed by atoms with E-state index in [9.17, 15) is 13.2 Å². The smallest absolute Gasteiger partial charge is 0.329 e. The fraction of sp³-hybridized carbons (Fsp3) is 0.250. The van der Waals surface area contributed by atoms with Gasteiger partial charge in [-0.15, -0.1) is 11.8 Å². The van der Waals surface area contributed by atoms with Crippen LogP contribution in [0.4, 0.5) is 5.88 Å². The Morgan fingerprint density at radius 2 is 2.14 bits per heavy atom. The predicted molar refractivity (Wildman–Crippen MR) is 100 cm³/mol. The number of halogens is 1. The summed E-state index contributed by atoms with van der Waals surface area (Å²) in [5.74, 6) is -0.837. The van der Waals surface area contributed by atoms with Gasteiger partial charge < -0.3 is 18.7 Å². The van der Waals surface area contributed by atoms with Crippen LogP contribution in [0.1, 0.15) is 5.69 Å². The molecule has 1 aromatic carbocycles. The van der Waals surface area contributed by atoms with Crippen molar-refractivity contribution in [3.63, 3.8) is 0 Å². The van der Waals surface area contributed by atoms with Gasteiger partial charge in [-0.25, -0.2) is 13.1 Å². The first-order valence-corrected chi connectivity index (χ1v) is 10.7. The van der Waals surface area contributed by atoms with Crippen LogP contribution < -0.4 is 9.46 Å². The first-order chi connectivity index (χ1) is 13.3. The van der Waals surface area contributed by atoms with Gasteiger partial charge in [0.05, 0.1) is 0 Å². The van der Waals surface area contributed by atoms with Gasteiger partial charge in [-0.05, 0) is 19.1 Å². The Morgan fingerprint density at radius 1 is 1.39 bits per heavy atom. The molecule has 3 heterocycles. The van der Waals surface area contributed by atoms with Crippen molar-refractivity contribution in [2.75, 3.05) is 11.5 Å². The lowest BCUT2D eigenvalue weighted by Crippen LogP contribution is -2.53. The van der Waals surface area contributed by atoms with Crippen LogP contribution in [0.2, 0.25) is 5.02 Å². The normalized spacial score (nSPS) is 23.6. The number of nitrogens with zero attached hydrogens (tertiary/aromatic N) is 1. The minimum atomic E-state index is -4.41. The number of carbonyl (C=O) groups is 1. The van der Waals surface area contributed by atoms with E-state index in [2.05, 4.69) is 9.88 Å². The predicted octanol–water partition coefficient (Wildman–Crippen LogP) is 2.64. The third kappa shape index (κ3) is 2.94. The number of hydrogen-bond acceptors (Lipinski definition) is 9. The van der Waals surface area contributed by atoms with E-state index in [1.807, 2.05) is 0 Å². The SMILES string of the molecule is Cc1noc(NS(=O)(=O)C23OCOC2=CSC3C(=O)Oc2ccccc2)c1Cl. The monoisotopic (exact) mass is 444 g/mol. The molecule has 1 aromatic heterocycles. The second kappa shape index (κ2) is 6.99. The summed E-state index contributed by atoms with van der Waals surface area (Å²) in [6.07, 6.45) is 0. The Kier molecular flexibility index (Phi) is 4.78. The van der Waals surface area contributed by atoms with Crippen LogP contribution in [0.5, 0.6) is 5.75 Å². The Hall–Kier alpha value is -2.21. The van der Waals surface area contributed by atoms with Crippen molar-refractivity contribution < 1.29 is 31.9 Å². The van der Waals surface area contributed by atoms with Crippen LogP contribution in [-0.4, -0.2) is 36.5 Å². The van der Waals surface area contributed by atoms with Crippen LogP contribution >= 0.6 is 23.4 Å². The largest absolute Gasteiger partial charge is 0.467 e. The number of anilines is 1. The number of para-hydroxylation sites is 1. The molecule has 2 aliphatic heterocycles. The number of sulfonamides is 1. The first kappa shape index (κ1) is 19.1. The molecule has 1 fully saturated rings. The van der Waals surface area contributed by atoms with Gasteiger partial charge in [-0.1, -0.05) is 35.0 Å². The molecule has 12 heteroatoms. The molecule has 2 unspecified atom stereocenters. The lowest BCUT2D eigenvalue weighted by Gasteiger charge is -2.28. The Morgan fingerprint density at radius 3 is 2.82 bits per heavy atom. The highest BCUT2D eigenvalue weighted by Gasteiger charge is 2.66. The quantitative estimate of drug-likeness (QED) is 0.548. The first-order valence-electron chi connectivity index (χ1n) is 7.89. The van der Waals surface area contributed by atoms with Crippen LogP contribution in [-0.2, 0) is 24.3 Å². The zero-order chi connectivity index (χ0) is 19.9. The average molecular weight is 445 g/mol. The van der Waals surface area contributed by atoms with Crippen molar-refractivity contribution in [3.05, 3.63) is 52.2 Å². The molecule has 4 rings (SSSR count). The molecule has 0 saturated carbocycles. The van der Waals surface area contributed by atoms with E-state index in [4.69, 9.17) is 30.3 Å². The summed E-state index contributed by atoms with van der Waals surface area (Å²) in [5.41, 5.74) is 0.303. The molecule has 0 aliphatic carbocycles. The number of aryl methyl sites for hydroxylation is 1. The molecule has 0 amide bonds. The lowest BCUT2D eigenvalue weighted by molar-refractivity contribution is -0.136. The number of fused-ring (bicyclic) bond motifs is 1. The third-order valence-corrected chi connectivity index (χ3v) is 7.63. The second-order valence-corrected chi connectivity index (χ2v) is 9.00. The summed E-state index contributed by atoms with van der Waals surface area (Å²) in [7, 11) is -4.41. The number of thioether (sulfide) groups is 1. The van der Waals surface area contributed by atoms with Gasteiger partial charge in [0.25, 0.3) is 20.8 Å². The fourth-order valence-electron chi connectivity index (χ4n) is 2.73. The number of ether oxygens (including phenoxy) is 3. The second-order valence-electron chi connectivity index (χ2n) is 5.82. The number of nitrogens with one attached hydrogen (secondary N) is 1. The third-order valence-electron chi connectivity index (χ3n) is 4.08. The van der Waals surface area contributed by atoms with E-state index < -0.39 is 26.2 Å². The number of hydrogen-bond donors (Lipinski definition) is 1. The van der Waals surface area contributed by atoms with Crippen molar-refractivity contribution >= 4 is 45.2 Å². The Balaban J connectivity index is 1.67. The van der Waals surface area contributed by atoms with Crippen molar-refractivity contribution in [1.29, 1.82) is 0 Å². The van der Waals surface area contributed by atoms with Gasteiger partial charge in [0, 0.05) is 5.41 Å². The highest BCUT2D eigenvalue weighted by molar-refractivity contribution is 8.05. The van der Waals surface area contributed by atoms with Gasteiger partial charge in [0.15, 0.2) is 17.8 Å². The van der Waals surface area contributed by atoms with Crippen LogP contribution in [0.3, 0.4) is 0 Å². The summed E-state index contributed by atoms with van der Waals surface area (Å²) >= 11 is 6.92. The molecular formula is C16H13ClN2O7S2. The molecule has 0 bridgehead atoms. The minimum Gasteiger partial charge on any atom is -0.467 e. The van der Waals surface area contributed by atoms with E-state index in [0.29, 0.717) is 5.69 Å². The fourth-order valence-corrected chi connectivity index (χ4v) is 6.05. The molecule has 9 nitrogen and oxygen atoms in total. The molecule has 2 aliphatic rings. The van der Waals surface area contributed by atoms with Crippen molar-refractivity contribution in [3.8, 4) is 5.75 Å². The summed E-state index contributed by atoms with van der Waals surface area (Å²) in [6.45, 7) is 1.21. The molecule has 2 aromatic rings. The minimum absolute atomic E-state index is 0.00141. The van der Waals surface area contributed by atoms with E-state index in [-0.39, 0.29) is 29.2 Å². The van der Waals surface area contributed by atoms with Crippen molar-refractivity contribution in [2.45, 2.75) is 17.1 Å². The van der Waals surface area contributed by atoms with Gasteiger partial charge >= 0.3 is 5.97 Å². The summed E-state index contributed by atoms with van der Waals surface area (Å²) < 4.78 is 49.6. The molecular weight excluding hydrogens is 432 g/mol. The Bertz CT molecular complexity index is 1050. The molecule has 2 atom stereocenters. The number of rotatable bonds is 5. The van der Waals surface area contributed by atoms with Crippen LogP contribution in [0.15, 0.2) is 46.0 Å². The van der Waals surface area contributed by atoms with Crippen molar-refractivity contribution in [1.82, 2.24) is 5.16 Å². The van der Waals surface area contributed by atoms with Gasteiger partial charge in [-0.3, -0.25) is 4.79 Å². The van der Waals surface area contributed by atoms with E-state index in [1.165, 1.54) is 5.41 Å². The maximum atomic E-state index is 13.2. The van der Waals surface area contributed by atoms with E-state index >= 15 is 0 Å². The van der Waals surface area contributed by atoms with Gasteiger partial charge in [-0.2, -0.15) is 0 Å². The maximum Gasteiger partial charge on any atom is 0.329 e. The number of carbonyl (C=O) groups excluding carboxylic acids is 1. The lowest BCUT2D eigenvalue weighted by atomic mass is 10.2. The number of benzene rings is 1. The highest BCUT2D eigenvalue weighted by Crippen LogP contribution is 2.50. The van der Waals surface area contributed by atoms with E-state index in [0.717, 1.165) is 11.8 Å². The summed E-state index contributed by atoms with van der Waals surface area (Å²) in [6, 6.07) is 8.29. The van der Waals surface area contributed by atoms with E-state index in [1.54, 1.807) is 37.3 Å². The molecule has 0 spiro atoms. The molecule has 148 valence electrons. The number of esters is 1. The summed E-state index contributed by atoms with van der Waals surface area (Å²) in [4.78, 5) is 10.6. The van der Waals surface area contributed by atoms with Crippen LogP contribution in [0.25, 0.3) is 0 Å². The Labute approximate surface area is 169 Å². The number of aromatic nitrogens is 1. The van der Waals surface area contributed by atoms with Crippen LogP contribution in [0, 0.1) is 6.92 Å². The van der Waals surface area contributed by atoms with Gasteiger partial charge in [0.2, 0.25) is 0 Å². The zero-order valence-corrected chi connectivity index (χ0v) is 16.6. The standard InChI is InChI=1S/C16H13ClN2O7S2/c1-9-12(17)14(26-18-9)19-28(21,22)16-11(23-8-24-16)7-27-13(16)15(20)25-10-5-3-2-4-6-10/h2-7,13,19H,8H2,1H3. The maximum absolute atomic E-state index is 13.2. The van der Waals surface area contributed by atoms with Crippen molar-refractivity contribution in [2.24, 2.45) is 0 Å². The highest BCUT2D eigenvalue weighted by atomic mass is 35.5. The topological polar surface area (TPSA) is 117 Å². The summed E-state index contributed by atoms with van der Waals surface area (Å²) in [5, 5.41) is 3.74. The molecule has 0 radical (unpaired) electrons. The zero-order valence-electron chi connectivity index (χ0n) is 14.2.